The van der Waals surface area contributed by atoms with E-state index in [4.69, 9.17) is 22.4 Å². The number of halogens is 4. The lowest BCUT2D eigenvalue weighted by Crippen LogP contribution is -2.40. The smallest absolute Gasteiger partial charge is 0.398 e. The van der Waals surface area contributed by atoms with Crippen molar-refractivity contribution in [1.82, 2.24) is 4.72 Å². The van der Waals surface area contributed by atoms with Crippen LogP contribution in [0.5, 0.6) is 0 Å². The lowest BCUT2D eigenvalue weighted by atomic mass is 10.2. The van der Waals surface area contributed by atoms with Crippen molar-refractivity contribution in [1.29, 1.82) is 0 Å². The van der Waals surface area contributed by atoms with Crippen molar-refractivity contribution >= 4 is 27.3 Å². The third-order valence-electron chi connectivity index (χ3n) is 2.50. The van der Waals surface area contributed by atoms with Crippen molar-refractivity contribution in [3.8, 4) is 0 Å². The molecule has 10 heteroatoms. The van der Waals surface area contributed by atoms with Crippen molar-refractivity contribution in [3.63, 3.8) is 0 Å². The van der Waals surface area contributed by atoms with Gasteiger partial charge in [0.15, 0.2) is 6.10 Å². The molecule has 0 bridgehead atoms. The molecule has 0 radical (unpaired) electrons. The molecule has 1 unspecified atom stereocenters. The Kier molecular flexibility index (Phi) is 4.90. The number of sulfonamides is 1. The van der Waals surface area contributed by atoms with Crippen molar-refractivity contribution in [2.75, 3.05) is 12.3 Å². The lowest BCUT2D eigenvalue weighted by molar-refractivity contribution is -0.200. The summed E-state index contributed by atoms with van der Waals surface area (Å²) in [5.41, 5.74) is 5.79. The molecule has 0 aliphatic carbocycles. The van der Waals surface area contributed by atoms with Gasteiger partial charge in [-0.1, -0.05) is 11.6 Å². The number of anilines is 1. The van der Waals surface area contributed by atoms with Crippen molar-refractivity contribution in [2.24, 2.45) is 0 Å². The van der Waals surface area contributed by atoms with Crippen LogP contribution >= 0.6 is 11.6 Å². The van der Waals surface area contributed by atoms with Gasteiger partial charge in [0.25, 0.3) is 0 Å². The summed E-state index contributed by atoms with van der Waals surface area (Å²) in [6.45, 7) is 0.193. The molecule has 0 aliphatic heterocycles. The highest BCUT2D eigenvalue weighted by atomic mass is 35.5. The number of alkyl halides is 3. The number of hydrogen-bond donors (Lipinski definition) is 3. The molecule has 1 aromatic rings. The van der Waals surface area contributed by atoms with Crippen molar-refractivity contribution < 1.29 is 26.7 Å². The highest BCUT2D eigenvalue weighted by Crippen LogP contribution is 2.26. The Morgan fingerprint density at radius 3 is 2.50 bits per heavy atom. The minimum Gasteiger partial charge on any atom is -0.398 e. The fourth-order valence-corrected chi connectivity index (χ4v) is 2.96. The summed E-state index contributed by atoms with van der Waals surface area (Å²) in [7, 11) is -4.27. The molecule has 0 amide bonds. The molecular weight excluding hydrogens is 321 g/mol. The Bertz CT molecular complexity index is 605. The minimum atomic E-state index is -4.91. The molecule has 0 saturated heterocycles. The van der Waals surface area contributed by atoms with Gasteiger partial charge in [-0.25, -0.2) is 13.1 Å². The monoisotopic (exact) mass is 332 g/mol. The van der Waals surface area contributed by atoms with Crippen LogP contribution in [-0.4, -0.2) is 32.3 Å². The SMILES string of the molecule is Cc1c(N)cc(Cl)cc1S(=O)(=O)NCC(O)C(F)(F)F. The quantitative estimate of drug-likeness (QED) is 0.727. The molecule has 0 aromatic heterocycles. The van der Waals surface area contributed by atoms with E-state index in [2.05, 4.69) is 0 Å². The third-order valence-corrected chi connectivity index (χ3v) is 4.27. The number of hydrogen-bond acceptors (Lipinski definition) is 4. The van der Waals surface area contributed by atoms with E-state index in [0.29, 0.717) is 0 Å². The molecule has 0 heterocycles. The van der Waals surface area contributed by atoms with Gasteiger partial charge in [-0.2, -0.15) is 13.2 Å². The second-order valence-corrected chi connectivity index (χ2v) is 6.20. The number of benzene rings is 1. The number of nitrogens with one attached hydrogen (secondary N) is 1. The molecule has 0 aliphatic rings. The largest absolute Gasteiger partial charge is 0.415 e. The fourth-order valence-electron chi connectivity index (χ4n) is 1.34. The first-order valence-corrected chi connectivity index (χ1v) is 7.11. The Hall–Kier alpha value is -1.03. The highest BCUT2D eigenvalue weighted by molar-refractivity contribution is 7.89. The molecule has 5 nitrogen and oxygen atoms in total. The molecule has 1 rings (SSSR count). The fraction of sp³-hybridized carbons (Fsp3) is 0.400. The number of nitrogens with two attached hydrogens (primary N) is 1. The molecule has 4 N–H and O–H groups in total. The van der Waals surface area contributed by atoms with Crippen LogP contribution in [0.25, 0.3) is 0 Å². The average Bonchev–Trinajstić information content (AvgIpc) is 2.29. The predicted molar refractivity (Wildman–Crippen MR) is 67.9 cm³/mol. The van der Waals surface area contributed by atoms with Crippen LogP contribution in [0.1, 0.15) is 5.56 Å². The van der Waals surface area contributed by atoms with Gasteiger partial charge >= 0.3 is 6.18 Å². The van der Waals surface area contributed by atoms with Gasteiger partial charge in [0, 0.05) is 17.3 Å². The summed E-state index contributed by atoms with van der Waals surface area (Å²) in [5, 5.41) is 8.80. The topological polar surface area (TPSA) is 92.4 Å². The van der Waals surface area contributed by atoms with Crippen LogP contribution in [0.3, 0.4) is 0 Å². The first-order valence-electron chi connectivity index (χ1n) is 5.25. The van der Waals surface area contributed by atoms with Gasteiger partial charge in [0.05, 0.1) is 4.90 Å². The van der Waals surface area contributed by atoms with Crippen LogP contribution < -0.4 is 10.5 Å². The summed E-state index contributed by atoms with van der Waals surface area (Å²) in [4.78, 5) is -0.336. The van der Waals surface area contributed by atoms with Crippen LogP contribution in [-0.2, 0) is 10.0 Å². The van der Waals surface area contributed by atoms with Crippen LogP contribution in [0.4, 0.5) is 18.9 Å². The summed E-state index contributed by atoms with van der Waals surface area (Å²) in [6, 6.07) is 2.38. The van der Waals surface area contributed by atoms with E-state index in [1.807, 2.05) is 0 Å². The Morgan fingerprint density at radius 1 is 1.45 bits per heavy atom. The van der Waals surface area contributed by atoms with Crippen LogP contribution in [0.2, 0.25) is 5.02 Å². The number of aliphatic hydroxyl groups is 1. The zero-order valence-corrected chi connectivity index (χ0v) is 11.8. The minimum absolute atomic E-state index is 0.0323. The normalized spacial score (nSPS) is 14.3. The molecule has 20 heavy (non-hydrogen) atoms. The molecule has 1 atom stereocenters. The molecule has 1 aromatic carbocycles. The van der Waals surface area contributed by atoms with E-state index in [-0.39, 0.29) is 21.2 Å². The zero-order valence-electron chi connectivity index (χ0n) is 10.2. The number of rotatable bonds is 4. The summed E-state index contributed by atoms with van der Waals surface area (Å²) >= 11 is 5.66. The van der Waals surface area contributed by atoms with E-state index in [9.17, 15) is 21.6 Å². The molecule has 114 valence electrons. The van der Waals surface area contributed by atoms with Gasteiger partial charge in [-0.3, -0.25) is 0 Å². The van der Waals surface area contributed by atoms with E-state index in [1.165, 1.54) is 13.0 Å². The van der Waals surface area contributed by atoms with E-state index in [0.717, 1.165) is 6.07 Å². The molecule has 0 saturated carbocycles. The Labute approximate surface area is 118 Å². The number of aliphatic hydroxyl groups excluding tert-OH is 1. The van der Waals surface area contributed by atoms with E-state index >= 15 is 0 Å². The second kappa shape index (κ2) is 5.76. The maximum atomic E-state index is 12.1. The average molecular weight is 333 g/mol. The van der Waals surface area contributed by atoms with Gasteiger partial charge in [-0.05, 0) is 24.6 Å². The Balaban J connectivity index is 3.02. The van der Waals surface area contributed by atoms with Gasteiger partial charge in [0.1, 0.15) is 0 Å². The zero-order chi connectivity index (χ0) is 15.7. The summed E-state index contributed by atoms with van der Waals surface area (Å²) in [5.74, 6) is 0. The summed E-state index contributed by atoms with van der Waals surface area (Å²) in [6.07, 6.45) is -7.71. The molecule has 0 fully saturated rings. The van der Waals surface area contributed by atoms with Crippen molar-refractivity contribution in [2.45, 2.75) is 24.1 Å². The lowest BCUT2D eigenvalue weighted by Gasteiger charge is -2.16. The first kappa shape index (κ1) is 17.0. The van der Waals surface area contributed by atoms with Gasteiger partial charge < -0.3 is 10.8 Å². The standard InChI is InChI=1S/C10H12ClF3N2O3S/c1-5-7(15)2-6(11)3-8(5)20(18,19)16-4-9(17)10(12,13)14/h2-3,9,16-17H,4,15H2,1H3. The third kappa shape index (κ3) is 3.98. The van der Waals surface area contributed by atoms with Gasteiger partial charge in [0.2, 0.25) is 10.0 Å². The maximum Gasteiger partial charge on any atom is 0.415 e. The molecular formula is C10H12ClF3N2O3S. The summed E-state index contributed by atoms with van der Waals surface area (Å²) < 4.78 is 61.8. The Morgan fingerprint density at radius 2 is 2.00 bits per heavy atom. The van der Waals surface area contributed by atoms with E-state index in [1.54, 1.807) is 4.72 Å². The van der Waals surface area contributed by atoms with E-state index < -0.39 is 28.8 Å². The van der Waals surface area contributed by atoms with Crippen LogP contribution in [0.15, 0.2) is 17.0 Å². The molecule has 0 spiro atoms. The highest BCUT2D eigenvalue weighted by Gasteiger charge is 2.38. The number of nitrogen functional groups attached to an aromatic ring is 1. The predicted octanol–water partition coefficient (Wildman–Crippen LogP) is 1.43. The van der Waals surface area contributed by atoms with Crippen molar-refractivity contribution in [3.05, 3.63) is 22.7 Å². The first-order chi connectivity index (χ1) is 8.95. The maximum absolute atomic E-state index is 12.1. The van der Waals surface area contributed by atoms with Crippen LogP contribution in [0, 0.1) is 6.92 Å². The van der Waals surface area contributed by atoms with Gasteiger partial charge in [-0.15, -0.1) is 0 Å². The second-order valence-electron chi connectivity index (χ2n) is 4.03.